The number of amides is 1. The summed E-state index contributed by atoms with van der Waals surface area (Å²) in [6.07, 6.45) is -1.64. The Morgan fingerprint density at radius 1 is 1.09 bits per heavy atom. The van der Waals surface area contributed by atoms with Crippen molar-refractivity contribution in [2.75, 3.05) is 7.11 Å². The van der Waals surface area contributed by atoms with E-state index in [2.05, 4.69) is 5.32 Å². The van der Waals surface area contributed by atoms with Crippen LogP contribution in [0.4, 0.5) is 4.79 Å². The maximum absolute atomic E-state index is 12.3. The van der Waals surface area contributed by atoms with Crippen LogP contribution in [0.5, 0.6) is 5.75 Å². The maximum Gasteiger partial charge on any atom is 0.413 e. The number of carbonyl (C=O) groups is 2. The van der Waals surface area contributed by atoms with Gasteiger partial charge in [-0.15, -0.1) is 11.3 Å². The van der Waals surface area contributed by atoms with Crippen molar-refractivity contribution in [3.8, 4) is 5.75 Å². The molecule has 0 radical (unpaired) electrons. The molecule has 3 aromatic rings. The summed E-state index contributed by atoms with van der Waals surface area (Å²) in [7, 11) is 1.30. The number of carbonyl (C=O) groups excluding carboxylic acids is 2. The van der Waals surface area contributed by atoms with E-state index in [1.165, 1.54) is 18.4 Å². The highest BCUT2D eigenvalue weighted by atomic mass is 35.5. The van der Waals surface area contributed by atoms with Gasteiger partial charge in [-0.3, -0.25) is 10.7 Å². The highest BCUT2D eigenvalue weighted by Crippen LogP contribution is 2.32. The third-order valence-electron chi connectivity index (χ3n) is 4.21. The molecular formula is C23H23ClN2O5S. The van der Waals surface area contributed by atoms with Gasteiger partial charge in [0, 0.05) is 15.3 Å². The molecule has 7 nitrogen and oxygen atoms in total. The molecule has 1 unspecified atom stereocenters. The van der Waals surface area contributed by atoms with Crippen LogP contribution in [0.1, 0.15) is 37.3 Å². The molecule has 0 spiro atoms. The van der Waals surface area contributed by atoms with E-state index in [0.29, 0.717) is 21.2 Å². The third kappa shape index (κ3) is 5.99. The minimum absolute atomic E-state index is 0.0588. The maximum atomic E-state index is 12.3. The molecule has 3 rings (SSSR count). The number of ether oxygens (including phenoxy) is 3. The molecule has 0 aliphatic carbocycles. The van der Waals surface area contributed by atoms with Crippen LogP contribution in [0.2, 0.25) is 5.02 Å². The summed E-state index contributed by atoms with van der Waals surface area (Å²) in [4.78, 5) is 24.8. The lowest BCUT2D eigenvalue weighted by molar-refractivity contribution is -0.149. The van der Waals surface area contributed by atoms with E-state index in [9.17, 15) is 9.59 Å². The van der Waals surface area contributed by atoms with Gasteiger partial charge < -0.3 is 14.2 Å². The normalized spacial score (nSPS) is 12.2. The first-order valence-electron chi connectivity index (χ1n) is 9.68. The van der Waals surface area contributed by atoms with Crippen molar-refractivity contribution in [1.82, 2.24) is 5.32 Å². The number of amidine groups is 1. The second-order valence-corrected chi connectivity index (χ2v) is 9.40. The number of methoxy groups -OCH3 is 1. The molecule has 1 heterocycles. The fraction of sp³-hybridized carbons (Fsp3) is 0.261. The zero-order chi connectivity index (χ0) is 23.5. The number of hydrogen-bond acceptors (Lipinski definition) is 7. The quantitative estimate of drug-likeness (QED) is 0.281. The van der Waals surface area contributed by atoms with Gasteiger partial charge in [-0.25, -0.2) is 9.59 Å². The van der Waals surface area contributed by atoms with Gasteiger partial charge in [-0.2, -0.15) is 0 Å². The molecule has 0 aliphatic rings. The summed E-state index contributed by atoms with van der Waals surface area (Å²) in [5, 5.41) is 12.0. The second-order valence-electron chi connectivity index (χ2n) is 7.88. The summed E-state index contributed by atoms with van der Waals surface area (Å²) in [6.45, 7) is 5.26. The first-order chi connectivity index (χ1) is 15.1. The number of benzene rings is 2. The van der Waals surface area contributed by atoms with Gasteiger partial charge in [0.05, 0.1) is 12.0 Å². The van der Waals surface area contributed by atoms with Crippen LogP contribution in [0.3, 0.4) is 0 Å². The van der Waals surface area contributed by atoms with E-state index in [4.69, 9.17) is 31.2 Å². The molecule has 0 aliphatic heterocycles. The number of alkyl carbamates (subject to hydrolysis) is 1. The SMILES string of the molecule is COC(=O)C(Oc1ccc2cc(C(=N)NC(=O)OC(C)(C)C)sc2c1)c1ccc(Cl)cc1. The van der Waals surface area contributed by atoms with Crippen molar-refractivity contribution in [3.63, 3.8) is 0 Å². The second kappa shape index (κ2) is 9.58. The average Bonchev–Trinajstić information content (AvgIpc) is 3.14. The molecule has 2 aromatic carbocycles. The highest BCUT2D eigenvalue weighted by Gasteiger charge is 2.24. The number of nitrogens with one attached hydrogen (secondary N) is 2. The molecule has 32 heavy (non-hydrogen) atoms. The zero-order valence-corrected chi connectivity index (χ0v) is 19.6. The lowest BCUT2D eigenvalue weighted by Gasteiger charge is -2.19. The molecule has 0 saturated heterocycles. The number of rotatable bonds is 5. The number of hydrogen-bond donors (Lipinski definition) is 2. The first kappa shape index (κ1) is 23.6. The van der Waals surface area contributed by atoms with Gasteiger partial charge in [0.25, 0.3) is 0 Å². The van der Waals surface area contributed by atoms with Crippen LogP contribution < -0.4 is 10.1 Å². The predicted molar refractivity (Wildman–Crippen MR) is 125 cm³/mol. The van der Waals surface area contributed by atoms with Crippen LogP contribution in [-0.2, 0) is 14.3 Å². The Morgan fingerprint density at radius 3 is 2.41 bits per heavy atom. The molecule has 1 amide bonds. The van der Waals surface area contributed by atoms with Crippen LogP contribution in [0.25, 0.3) is 10.1 Å². The molecule has 168 valence electrons. The van der Waals surface area contributed by atoms with Gasteiger partial charge in [0.2, 0.25) is 6.10 Å². The molecule has 2 N–H and O–H groups in total. The van der Waals surface area contributed by atoms with E-state index in [1.807, 2.05) is 6.07 Å². The van der Waals surface area contributed by atoms with Gasteiger partial charge in [-0.05, 0) is 62.6 Å². The fourth-order valence-corrected chi connectivity index (χ4v) is 3.93. The monoisotopic (exact) mass is 474 g/mol. The van der Waals surface area contributed by atoms with E-state index in [-0.39, 0.29) is 5.84 Å². The third-order valence-corrected chi connectivity index (χ3v) is 5.57. The van der Waals surface area contributed by atoms with Gasteiger partial charge >= 0.3 is 12.1 Å². The Bertz CT molecular complexity index is 1150. The van der Waals surface area contributed by atoms with E-state index in [1.54, 1.807) is 63.2 Å². The summed E-state index contributed by atoms with van der Waals surface area (Å²) < 4.78 is 16.8. The number of thiophene rings is 1. The largest absolute Gasteiger partial charge is 0.474 e. The van der Waals surface area contributed by atoms with E-state index < -0.39 is 23.8 Å². The Morgan fingerprint density at radius 2 is 1.78 bits per heavy atom. The Kier molecular flexibility index (Phi) is 7.06. The van der Waals surface area contributed by atoms with Crippen molar-refractivity contribution in [3.05, 3.63) is 64.0 Å². The lowest BCUT2D eigenvalue weighted by atomic mass is 10.1. The standard InChI is InChI=1S/C23H23ClN2O5S/c1-23(2,3)31-22(28)26-20(25)18-11-14-7-10-16(12-17(14)32-18)30-19(21(27)29-4)13-5-8-15(24)9-6-13/h5-12,19H,1-4H3,(H2,25,26,28). The van der Waals surface area contributed by atoms with Crippen LogP contribution in [0, 0.1) is 5.41 Å². The minimum atomic E-state index is -0.957. The smallest absolute Gasteiger partial charge is 0.413 e. The zero-order valence-electron chi connectivity index (χ0n) is 18.0. The number of fused-ring (bicyclic) bond motifs is 1. The van der Waals surface area contributed by atoms with E-state index in [0.717, 1.165) is 10.1 Å². The van der Waals surface area contributed by atoms with Crippen molar-refractivity contribution >= 4 is 50.9 Å². The average molecular weight is 475 g/mol. The number of esters is 1. The highest BCUT2D eigenvalue weighted by molar-refractivity contribution is 7.20. The van der Waals surface area contributed by atoms with Gasteiger partial charge in [0.1, 0.15) is 17.2 Å². The topological polar surface area (TPSA) is 97.7 Å². The minimum Gasteiger partial charge on any atom is -0.474 e. The first-order valence-corrected chi connectivity index (χ1v) is 10.9. The van der Waals surface area contributed by atoms with Gasteiger partial charge in [-0.1, -0.05) is 23.7 Å². The Labute approximate surface area is 194 Å². The van der Waals surface area contributed by atoms with Crippen LogP contribution in [-0.4, -0.2) is 30.6 Å². The van der Waals surface area contributed by atoms with Crippen molar-refractivity contribution in [2.24, 2.45) is 0 Å². The molecular weight excluding hydrogens is 452 g/mol. The summed E-state index contributed by atoms with van der Waals surface area (Å²) in [6, 6.07) is 13.9. The lowest BCUT2D eigenvalue weighted by Crippen LogP contribution is -2.36. The molecule has 0 saturated carbocycles. The molecule has 0 fully saturated rings. The van der Waals surface area contributed by atoms with Crippen LogP contribution >= 0.6 is 22.9 Å². The summed E-state index contributed by atoms with van der Waals surface area (Å²) in [5.74, 6) is -0.137. The van der Waals surface area contributed by atoms with Crippen molar-refractivity contribution in [2.45, 2.75) is 32.5 Å². The predicted octanol–water partition coefficient (Wildman–Crippen LogP) is 5.70. The summed E-state index contributed by atoms with van der Waals surface area (Å²) >= 11 is 7.25. The molecule has 9 heteroatoms. The Hall–Kier alpha value is -3.10. The molecule has 0 bridgehead atoms. The summed E-state index contributed by atoms with van der Waals surface area (Å²) in [5.41, 5.74) is -0.0478. The number of halogens is 1. The Balaban J connectivity index is 1.80. The van der Waals surface area contributed by atoms with Crippen molar-refractivity contribution < 1.29 is 23.8 Å². The van der Waals surface area contributed by atoms with Gasteiger partial charge in [0.15, 0.2) is 0 Å². The van der Waals surface area contributed by atoms with Crippen molar-refractivity contribution in [1.29, 1.82) is 5.41 Å². The van der Waals surface area contributed by atoms with Crippen LogP contribution in [0.15, 0.2) is 48.5 Å². The van der Waals surface area contributed by atoms with E-state index >= 15 is 0 Å². The fourth-order valence-electron chi connectivity index (χ4n) is 2.81. The molecule has 1 aromatic heterocycles. The molecule has 1 atom stereocenters.